The molecule has 0 spiro atoms. The first-order valence-electron chi connectivity index (χ1n) is 5.78. The third kappa shape index (κ3) is 2.51. The van der Waals surface area contributed by atoms with E-state index < -0.39 is 12.1 Å². The molecule has 0 aliphatic carbocycles. The van der Waals surface area contributed by atoms with Gasteiger partial charge < -0.3 is 14.7 Å². The minimum Gasteiger partial charge on any atom is -0.465 e. The van der Waals surface area contributed by atoms with E-state index in [-0.39, 0.29) is 12.3 Å². The lowest BCUT2D eigenvalue weighted by Crippen LogP contribution is -2.40. The van der Waals surface area contributed by atoms with Gasteiger partial charge >= 0.3 is 5.97 Å². The van der Waals surface area contributed by atoms with E-state index in [9.17, 15) is 14.7 Å². The van der Waals surface area contributed by atoms with Gasteiger partial charge in [-0.25, -0.2) is 4.79 Å². The summed E-state index contributed by atoms with van der Waals surface area (Å²) in [6.07, 6.45) is 0.187. The molecule has 0 radical (unpaired) electrons. The number of rotatable bonds is 2. The normalized spacial score (nSPS) is 19.8. The number of piperidine rings is 1. The number of benzene rings is 1. The maximum atomic E-state index is 11.8. The predicted octanol–water partition coefficient (Wildman–Crippen LogP) is 0.961. The molecule has 18 heavy (non-hydrogen) atoms. The van der Waals surface area contributed by atoms with Crippen LogP contribution < -0.4 is 4.90 Å². The lowest BCUT2D eigenvalue weighted by molar-refractivity contribution is -0.122. The first kappa shape index (κ1) is 12.6. The Hall–Kier alpha value is -1.88. The van der Waals surface area contributed by atoms with E-state index in [1.807, 2.05) is 0 Å². The molecule has 1 aliphatic rings. The van der Waals surface area contributed by atoms with E-state index in [0.717, 1.165) is 5.69 Å². The summed E-state index contributed by atoms with van der Waals surface area (Å²) in [6.45, 7) is 0.498. The van der Waals surface area contributed by atoms with E-state index in [2.05, 4.69) is 4.74 Å². The molecule has 1 unspecified atom stereocenters. The van der Waals surface area contributed by atoms with Crippen LogP contribution in [-0.4, -0.2) is 36.7 Å². The van der Waals surface area contributed by atoms with Crippen molar-refractivity contribution in [3.63, 3.8) is 0 Å². The second-order valence-corrected chi connectivity index (χ2v) is 4.23. The number of hydrogen-bond acceptors (Lipinski definition) is 4. The number of methoxy groups -OCH3 is 1. The molecule has 2 rings (SSSR count). The summed E-state index contributed by atoms with van der Waals surface area (Å²) in [5.74, 6) is -0.499. The summed E-state index contributed by atoms with van der Waals surface area (Å²) in [5, 5.41) is 9.38. The highest BCUT2D eigenvalue weighted by Gasteiger charge is 2.25. The Morgan fingerprint density at radius 1 is 1.39 bits per heavy atom. The molecule has 1 saturated heterocycles. The molecular formula is C13H15NO4. The van der Waals surface area contributed by atoms with Crippen molar-refractivity contribution in [3.05, 3.63) is 29.8 Å². The lowest BCUT2D eigenvalue weighted by atomic mass is 10.1. The van der Waals surface area contributed by atoms with E-state index in [1.54, 1.807) is 29.2 Å². The largest absolute Gasteiger partial charge is 0.465 e. The van der Waals surface area contributed by atoms with Gasteiger partial charge in [0, 0.05) is 12.2 Å². The van der Waals surface area contributed by atoms with Crippen LogP contribution in [0.1, 0.15) is 23.2 Å². The molecule has 1 aromatic rings. The number of carbonyl (C=O) groups excluding carboxylic acids is 2. The fraction of sp³-hybridized carbons (Fsp3) is 0.385. The quantitative estimate of drug-likeness (QED) is 0.793. The molecule has 0 bridgehead atoms. The van der Waals surface area contributed by atoms with Crippen molar-refractivity contribution >= 4 is 17.6 Å². The molecule has 1 atom stereocenters. The van der Waals surface area contributed by atoms with Gasteiger partial charge in [0.2, 0.25) is 5.91 Å². The zero-order chi connectivity index (χ0) is 13.1. The molecule has 1 amide bonds. The third-order valence-electron chi connectivity index (χ3n) is 3.00. The maximum absolute atomic E-state index is 11.8. The minimum atomic E-state index is -0.539. The molecule has 1 fully saturated rings. The Morgan fingerprint density at radius 3 is 2.61 bits per heavy atom. The van der Waals surface area contributed by atoms with Gasteiger partial charge in [-0.3, -0.25) is 4.79 Å². The summed E-state index contributed by atoms with van der Waals surface area (Å²) in [5.41, 5.74) is 1.19. The van der Waals surface area contributed by atoms with Crippen LogP contribution in [0.5, 0.6) is 0 Å². The monoisotopic (exact) mass is 249 g/mol. The Kier molecular flexibility index (Phi) is 3.62. The van der Waals surface area contributed by atoms with Gasteiger partial charge in [0.1, 0.15) is 0 Å². The van der Waals surface area contributed by atoms with Crippen molar-refractivity contribution in [3.8, 4) is 0 Å². The summed E-state index contributed by atoms with van der Waals surface area (Å²) >= 11 is 0. The van der Waals surface area contributed by atoms with Crippen LogP contribution in [0.2, 0.25) is 0 Å². The average Bonchev–Trinajstić information content (AvgIpc) is 2.38. The highest BCUT2D eigenvalue weighted by atomic mass is 16.5. The van der Waals surface area contributed by atoms with Crippen LogP contribution in [0.15, 0.2) is 24.3 Å². The molecule has 0 aromatic heterocycles. The molecule has 1 aromatic carbocycles. The van der Waals surface area contributed by atoms with E-state index in [0.29, 0.717) is 18.5 Å². The van der Waals surface area contributed by atoms with Crippen molar-refractivity contribution in [2.24, 2.45) is 0 Å². The second-order valence-electron chi connectivity index (χ2n) is 4.23. The number of ether oxygens (including phenoxy) is 1. The number of anilines is 1. The highest BCUT2D eigenvalue weighted by Crippen LogP contribution is 2.21. The Morgan fingerprint density at radius 2 is 2.06 bits per heavy atom. The van der Waals surface area contributed by atoms with Crippen LogP contribution in [0.4, 0.5) is 5.69 Å². The molecular weight excluding hydrogens is 234 g/mol. The van der Waals surface area contributed by atoms with Gasteiger partial charge in [-0.2, -0.15) is 0 Å². The molecule has 0 saturated carbocycles. The number of amides is 1. The van der Waals surface area contributed by atoms with Gasteiger partial charge in [-0.1, -0.05) is 0 Å². The van der Waals surface area contributed by atoms with Gasteiger partial charge in [-0.15, -0.1) is 0 Å². The second kappa shape index (κ2) is 5.18. The SMILES string of the molecule is COC(=O)c1ccc(N2CCC(O)CC2=O)cc1. The Bertz CT molecular complexity index is 455. The smallest absolute Gasteiger partial charge is 0.337 e. The van der Waals surface area contributed by atoms with E-state index >= 15 is 0 Å². The standard InChI is InChI=1S/C13H15NO4/c1-18-13(17)9-2-4-10(5-3-9)14-7-6-11(15)8-12(14)16/h2-5,11,15H,6-8H2,1H3. The molecule has 1 heterocycles. The number of hydrogen-bond donors (Lipinski definition) is 1. The average molecular weight is 249 g/mol. The van der Waals surface area contributed by atoms with Crippen LogP contribution >= 0.6 is 0 Å². The predicted molar refractivity (Wildman–Crippen MR) is 65.4 cm³/mol. The number of nitrogens with zero attached hydrogens (tertiary/aromatic N) is 1. The van der Waals surface area contributed by atoms with Gasteiger partial charge in [-0.05, 0) is 30.7 Å². The van der Waals surface area contributed by atoms with Crippen molar-refractivity contribution in [1.29, 1.82) is 0 Å². The highest BCUT2D eigenvalue weighted by molar-refractivity contribution is 5.95. The summed E-state index contributed by atoms with van der Waals surface area (Å²) < 4.78 is 4.60. The van der Waals surface area contributed by atoms with E-state index in [1.165, 1.54) is 7.11 Å². The van der Waals surface area contributed by atoms with Crippen LogP contribution in [0, 0.1) is 0 Å². The zero-order valence-corrected chi connectivity index (χ0v) is 10.1. The van der Waals surface area contributed by atoms with Crippen molar-refractivity contribution in [2.45, 2.75) is 18.9 Å². The molecule has 5 heteroatoms. The van der Waals surface area contributed by atoms with Crippen molar-refractivity contribution in [2.75, 3.05) is 18.6 Å². The molecule has 5 nitrogen and oxygen atoms in total. The molecule has 1 N–H and O–H groups in total. The number of aliphatic hydroxyl groups excluding tert-OH is 1. The van der Waals surface area contributed by atoms with Gasteiger partial charge in [0.25, 0.3) is 0 Å². The fourth-order valence-corrected chi connectivity index (χ4v) is 1.99. The summed E-state index contributed by atoms with van der Waals surface area (Å²) in [4.78, 5) is 24.6. The van der Waals surface area contributed by atoms with Crippen LogP contribution in [0.25, 0.3) is 0 Å². The van der Waals surface area contributed by atoms with E-state index in [4.69, 9.17) is 0 Å². The topological polar surface area (TPSA) is 66.8 Å². The first-order valence-corrected chi connectivity index (χ1v) is 5.78. The first-order chi connectivity index (χ1) is 8.61. The number of carbonyl (C=O) groups is 2. The summed E-state index contributed by atoms with van der Waals surface area (Å²) in [6, 6.07) is 6.67. The minimum absolute atomic E-state index is 0.0976. The molecule has 96 valence electrons. The van der Waals surface area contributed by atoms with Crippen LogP contribution in [-0.2, 0) is 9.53 Å². The Labute approximate surface area is 105 Å². The van der Waals surface area contributed by atoms with Gasteiger partial charge in [0.15, 0.2) is 0 Å². The zero-order valence-electron chi connectivity index (χ0n) is 10.1. The fourth-order valence-electron chi connectivity index (χ4n) is 1.99. The lowest BCUT2D eigenvalue weighted by Gasteiger charge is -2.29. The van der Waals surface area contributed by atoms with Crippen LogP contribution in [0.3, 0.4) is 0 Å². The summed E-state index contributed by atoms with van der Waals surface area (Å²) in [7, 11) is 1.33. The van der Waals surface area contributed by atoms with Gasteiger partial charge in [0.05, 0.1) is 25.2 Å². The Balaban J connectivity index is 2.14. The molecule has 1 aliphatic heterocycles. The third-order valence-corrected chi connectivity index (χ3v) is 3.00. The number of esters is 1. The van der Waals surface area contributed by atoms with Crippen molar-refractivity contribution < 1.29 is 19.4 Å². The maximum Gasteiger partial charge on any atom is 0.337 e. The number of aliphatic hydroxyl groups is 1. The van der Waals surface area contributed by atoms with Crippen molar-refractivity contribution in [1.82, 2.24) is 0 Å².